The van der Waals surface area contributed by atoms with Crippen LogP contribution in [0.4, 0.5) is 5.69 Å². The number of aryl methyl sites for hydroxylation is 1. The molecule has 1 aliphatic heterocycles. The summed E-state index contributed by atoms with van der Waals surface area (Å²) in [5, 5.41) is 11.5. The molecule has 1 aromatic heterocycles. The number of sulfone groups is 1. The molecule has 29 heavy (non-hydrogen) atoms. The van der Waals surface area contributed by atoms with Gasteiger partial charge in [0.25, 0.3) is 5.91 Å². The minimum atomic E-state index is -2.99. The molecule has 2 aromatic rings. The van der Waals surface area contributed by atoms with Gasteiger partial charge < -0.3 is 10.1 Å². The molecule has 1 fully saturated rings. The number of benzene rings is 1. The largest absolute Gasteiger partial charge is 0.497 e. The zero-order chi connectivity index (χ0) is 21.0. The van der Waals surface area contributed by atoms with Crippen LogP contribution in [0.5, 0.6) is 5.75 Å². The lowest BCUT2D eigenvalue weighted by atomic mass is 10.2. The van der Waals surface area contributed by atoms with Gasteiger partial charge in [0.05, 0.1) is 43.1 Å². The van der Waals surface area contributed by atoms with Crippen LogP contribution in [-0.4, -0.2) is 55.5 Å². The molecule has 1 atom stereocenters. The highest BCUT2D eigenvalue weighted by atomic mass is 32.2. The summed E-state index contributed by atoms with van der Waals surface area (Å²) in [5.41, 5.74) is 5.59. The van der Waals surface area contributed by atoms with Crippen molar-refractivity contribution in [2.45, 2.75) is 26.3 Å². The number of ether oxygens (including phenoxy) is 1. The molecule has 1 saturated heterocycles. The quantitative estimate of drug-likeness (QED) is 0.518. The van der Waals surface area contributed by atoms with E-state index in [-0.39, 0.29) is 30.0 Å². The van der Waals surface area contributed by atoms with Crippen molar-refractivity contribution in [1.29, 1.82) is 0 Å². The molecule has 2 N–H and O–H groups in total. The highest BCUT2D eigenvalue weighted by molar-refractivity contribution is 7.91. The molecule has 10 heteroatoms. The van der Waals surface area contributed by atoms with Gasteiger partial charge in [-0.25, -0.2) is 13.8 Å². The number of rotatable bonds is 7. The van der Waals surface area contributed by atoms with Crippen molar-refractivity contribution in [2.24, 2.45) is 5.10 Å². The van der Waals surface area contributed by atoms with Crippen LogP contribution in [0.15, 0.2) is 29.4 Å². The van der Waals surface area contributed by atoms with Gasteiger partial charge in [-0.2, -0.15) is 10.2 Å². The minimum absolute atomic E-state index is 0.0572. The monoisotopic (exact) mass is 419 g/mol. The highest BCUT2D eigenvalue weighted by Crippen LogP contribution is 2.26. The maximum Gasteiger partial charge on any atom is 0.259 e. The number of hydrogen-bond donors (Lipinski definition) is 2. The van der Waals surface area contributed by atoms with Gasteiger partial charge in [0.1, 0.15) is 5.75 Å². The Morgan fingerprint density at radius 3 is 2.90 bits per heavy atom. The number of carbonyl (C=O) groups is 1. The maximum atomic E-state index is 12.0. The molecule has 1 amide bonds. The van der Waals surface area contributed by atoms with Gasteiger partial charge in [-0.1, -0.05) is 6.07 Å². The molecule has 3 rings (SSSR count). The van der Waals surface area contributed by atoms with E-state index in [0.717, 1.165) is 22.6 Å². The number of nitrogens with zero attached hydrogens (tertiary/aromatic N) is 3. The molecule has 9 nitrogen and oxygen atoms in total. The molecule has 0 spiro atoms. The van der Waals surface area contributed by atoms with E-state index in [1.807, 2.05) is 32.0 Å². The van der Waals surface area contributed by atoms with Crippen molar-refractivity contribution in [3.05, 3.63) is 41.2 Å². The van der Waals surface area contributed by atoms with Gasteiger partial charge in [-0.15, -0.1) is 0 Å². The number of carbonyl (C=O) groups excluding carboxylic acids is 1. The van der Waals surface area contributed by atoms with Gasteiger partial charge in [0, 0.05) is 23.0 Å². The first-order valence-electron chi connectivity index (χ1n) is 9.25. The van der Waals surface area contributed by atoms with E-state index >= 15 is 0 Å². The number of nitrogens with one attached hydrogen (secondary N) is 2. The van der Waals surface area contributed by atoms with Crippen LogP contribution in [0.1, 0.15) is 29.4 Å². The lowest BCUT2D eigenvalue weighted by molar-refractivity contribution is -0.119. The summed E-state index contributed by atoms with van der Waals surface area (Å²) >= 11 is 0. The summed E-state index contributed by atoms with van der Waals surface area (Å²) in [5.74, 6) is 0.702. The average Bonchev–Trinajstić information content (AvgIpc) is 3.19. The first-order chi connectivity index (χ1) is 13.8. The Balaban J connectivity index is 1.58. The van der Waals surface area contributed by atoms with Crippen LogP contribution >= 0.6 is 0 Å². The van der Waals surface area contributed by atoms with Crippen LogP contribution in [0.2, 0.25) is 0 Å². The number of anilines is 1. The van der Waals surface area contributed by atoms with Gasteiger partial charge >= 0.3 is 0 Å². The molecule has 0 aliphatic carbocycles. The second-order valence-electron chi connectivity index (χ2n) is 6.96. The number of hydrazone groups is 1. The predicted octanol–water partition coefficient (Wildman–Crippen LogP) is 1.43. The fourth-order valence-corrected chi connectivity index (χ4v) is 5.00. The fraction of sp³-hybridized carbons (Fsp3) is 0.421. The van der Waals surface area contributed by atoms with Gasteiger partial charge in [0.2, 0.25) is 0 Å². The van der Waals surface area contributed by atoms with Crippen LogP contribution in [0.25, 0.3) is 0 Å². The molecule has 0 bridgehead atoms. The number of methoxy groups -OCH3 is 1. The summed E-state index contributed by atoms with van der Waals surface area (Å²) in [6.07, 6.45) is 2.11. The van der Waals surface area contributed by atoms with E-state index in [2.05, 4.69) is 20.9 Å². The molecule has 1 aromatic carbocycles. The number of hydrogen-bond acceptors (Lipinski definition) is 7. The second-order valence-corrected chi connectivity index (χ2v) is 9.19. The molecule has 0 unspecified atom stereocenters. The van der Waals surface area contributed by atoms with Crippen LogP contribution in [0.3, 0.4) is 0 Å². The molecule has 2 heterocycles. The third-order valence-electron chi connectivity index (χ3n) is 4.84. The Morgan fingerprint density at radius 2 is 2.21 bits per heavy atom. The third-order valence-corrected chi connectivity index (χ3v) is 6.59. The first-order valence-corrected chi connectivity index (χ1v) is 11.1. The summed E-state index contributed by atoms with van der Waals surface area (Å²) in [7, 11) is -1.41. The average molecular weight is 420 g/mol. The standard InChI is InChI=1S/C19H25N5O4S/c1-13-18(14(2)24(23-13)16-7-8-29(26,27)12-16)10-21-22-19(25)11-20-15-5-4-6-17(9-15)28-3/h4-6,9-10,16,20H,7-8,11-12H2,1-3H3,(H,22,25)/b21-10-/t16-/m0/s1. The molecule has 0 saturated carbocycles. The SMILES string of the molecule is COc1cccc(NCC(=O)N/N=C\c2c(C)nn([C@H]3CCS(=O)(=O)C3)c2C)c1. The number of amides is 1. The maximum absolute atomic E-state index is 12.0. The molecular formula is C19H25N5O4S. The van der Waals surface area contributed by atoms with Crippen molar-refractivity contribution in [1.82, 2.24) is 15.2 Å². The zero-order valence-electron chi connectivity index (χ0n) is 16.7. The van der Waals surface area contributed by atoms with E-state index in [1.165, 1.54) is 0 Å². The van der Waals surface area contributed by atoms with Crippen molar-refractivity contribution >= 4 is 27.6 Å². The Morgan fingerprint density at radius 1 is 1.41 bits per heavy atom. The second kappa shape index (κ2) is 8.64. The third kappa shape index (κ3) is 5.14. The van der Waals surface area contributed by atoms with E-state index in [0.29, 0.717) is 12.2 Å². The van der Waals surface area contributed by atoms with E-state index in [1.54, 1.807) is 24.1 Å². The normalized spacial score (nSPS) is 18.1. The van der Waals surface area contributed by atoms with Crippen LogP contribution in [0, 0.1) is 13.8 Å². The molecular weight excluding hydrogens is 394 g/mol. The van der Waals surface area contributed by atoms with Gasteiger partial charge in [-0.3, -0.25) is 9.48 Å². The molecule has 156 valence electrons. The van der Waals surface area contributed by atoms with E-state index in [4.69, 9.17) is 4.74 Å². The summed E-state index contributed by atoms with van der Waals surface area (Å²) < 4.78 is 30.4. The highest BCUT2D eigenvalue weighted by Gasteiger charge is 2.31. The Kier molecular flexibility index (Phi) is 6.21. The van der Waals surface area contributed by atoms with Crippen molar-refractivity contribution in [3.8, 4) is 5.75 Å². The van der Waals surface area contributed by atoms with Gasteiger partial charge in [-0.05, 0) is 32.4 Å². The first kappa shape index (κ1) is 20.8. The zero-order valence-corrected chi connectivity index (χ0v) is 17.5. The number of aromatic nitrogens is 2. The Hall–Kier alpha value is -2.88. The lowest BCUT2D eigenvalue weighted by Gasteiger charge is -2.10. The van der Waals surface area contributed by atoms with E-state index < -0.39 is 9.84 Å². The summed E-state index contributed by atoms with van der Waals surface area (Å²) in [6, 6.07) is 7.13. The van der Waals surface area contributed by atoms with Crippen molar-refractivity contribution < 1.29 is 17.9 Å². The smallest absolute Gasteiger partial charge is 0.259 e. The van der Waals surface area contributed by atoms with Crippen LogP contribution in [-0.2, 0) is 14.6 Å². The van der Waals surface area contributed by atoms with Crippen molar-refractivity contribution in [2.75, 3.05) is 30.5 Å². The molecule has 0 radical (unpaired) electrons. The predicted molar refractivity (Wildman–Crippen MR) is 111 cm³/mol. The fourth-order valence-electron chi connectivity index (χ4n) is 3.31. The topological polar surface area (TPSA) is 115 Å². The summed E-state index contributed by atoms with van der Waals surface area (Å²) in [4.78, 5) is 12.0. The Bertz CT molecular complexity index is 1030. The van der Waals surface area contributed by atoms with E-state index in [9.17, 15) is 13.2 Å². The van der Waals surface area contributed by atoms with Crippen LogP contribution < -0.4 is 15.5 Å². The lowest BCUT2D eigenvalue weighted by Crippen LogP contribution is -2.25. The summed E-state index contributed by atoms with van der Waals surface area (Å²) in [6.45, 7) is 3.76. The van der Waals surface area contributed by atoms with Gasteiger partial charge in [0.15, 0.2) is 9.84 Å². The van der Waals surface area contributed by atoms with Crippen molar-refractivity contribution in [3.63, 3.8) is 0 Å². The minimum Gasteiger partial charge on any atom is -0.497 e. The Labute approximate surface area is 170 Å². The molecule has 1 aliphatic rings.